The fraction of sp³-hybridized carbons (Fsp3) is 0.333. The lowest BCUT2D eigenvalue weighted by atomic mass is 10.0. The fourth-order valence-corrected chi connectivity index (χ4v) is 4.56. The van der Waals surface area contributed by atoms with E-state index in [4.69, 9.17) is 11.6 Å². The molecule has 0 radical (unpaired) electrons. The van der Waals surface area contributed by atoms with Gasteiger partial charge < -0.3 is 16.0 Å². The van der Waals surface area contributed by atoms with Crippen molar-refractivity contribution in [3.8, 4) is 0 Å². The van der Waals surface area contributed by atoms with Gasteiger partial charge in [-0.2, -0.15) is 13.2 Å². The van der Waals surface area contributed by atoms with Crippen molar-refractivity contribution in [1.82, 2.24) is 5.32 Å². The summed E-state index contributed by atoms with van der Waals surface area (Å²) < 4.78 is 40.2. The molecule has 2 aliphatic rings. The molecule has 0 atom stereocenters. The van der Waals surface area contributed by atoms with Crippen LogP contribution in [0.4, 0.5) is 30.2 Å². The molecule has 0 amide bonds. The van der Waals surface area contributed by atoms with Crippen LogP contribution in [0.25, 0.3) is 0 Å². The van der Waals surface area contributed by atoms with Gasteiger partial charge in [0.25, 0.3) is 0 Å². The second kappa shape index (κ2) is 6.87. The van der Waals surface area contributed by atoms with Gasteiger partial charge in [0.05, 0.1) is 22.6 Å². The molecule has 0 aliphatic carbocycles. The van der Waals surface area contributed by atoms with Crippen LogP contribution in [0.1, 0.15) is 18.4 Å². The highest BCUT2D eigenvalue weighted by Gasteiger charge is 2.34. The van der Waals surface area contributed by atoms with Gasteiger partial charge in [0.2, 0.25) is 0 Å². The third kappa shape index (κ3) is 3.61. The Hall–Kier alpha value is -1.57. The Morgan fingerprint density at radius 1 is 1.08 bits per heavy atom. The van der Waals surface area contributed by atoms with Gasteiger partial charge in [-0.15, -0.1) is 0 Å². The molecule has 0 saturated carbocycles. The van der Waals surface area contributed by atoms with Gasteiger partial charge in [0.1, 0.15) is 0 Å². The first kappa shape index (κ1) is 17.8. The Bertz CT molecular complexity index is 835. The number of nitrogens with one attached hydrogen (secondary N) is 3. The molecule has 1 fully saturated rings. The SMILES string of the molecule is FC(F)(F)c1cc(NC2CCNCC2)c2c(c1)Sc1cc(Cl)ccc1N2. The molecule has 8 heteroatoms. The van der Waals surface area contributed by atoms with Crippen molar-refractivity contribution in [1.29, 1.82) is 0 Å². The third-order valence-corrected chi connectivity index (χ3v) is 5.89. The molecule has 1 saturated heterocycles. The molecule has 0 aromatic heterocycles. The molecule has 2 aromatic rings. The van der Waals surface area contributed by atoms with E-state index < -0.39 is 11.7 Å². The first-order chi connectivity index (χ1) is 12.4. The van der Waals surface area contributed by atoms with Gasteiger partial charge in [0, 0.05) is 20.9 Å². The van der Waals surface area contributed by atoms with Crippen molar-refractivity contribution >= 4 is 40.4 Å². The highest BCUT2D eigenvalue weighted by molar-refractivity contribution is 7.99. The molecule has 3 nitrogen and oxygen atoms in total. The summed E-state index contributed by atoms with van der Waals surface area (Å²) in [5, 5.41) is 10.4. The van der Waals surface area contributed by atoms with E-state index in [1.807, 2.05) is 6.07 Å². The van der Waals surface area contributed by atoms with Crippen LogP contribution in [-0.2, 0) is 6.18 Å². The second-order valence-electron chi connectivity index (χ2n) is 6.43. The topological polar surface area (TPSA) is 36.1 Å². The molecule has 0 unspecified atom stereocenters. The van der Waals surface area contributed by atoms with E-state index in [0.717, 1.165) is 36.5 Å². The van der Waals surface area contributed by atoms with Crippen molar-refractivity contribution in [3.05, 3.63) is 40.9 Å². The molecule has 0 bridgehead atoms. The van der Waals surface area contributed by atoms with Crippen LogP contribution in [0.15, 0.2) is 40.1 Å². The van der Waals surface area contributed by atoms with E-state index in [1.54, 1.807) is 12.1 Å². The summed E-state index contributed by atoms with van der Waals surface area (Å²) >= 11 is 7.33. The average molecular weight is 400 g/mol. The van der Waals surface area contributed by atoms with Crippen LogP contribution in [0.2, 0.25) is 5.02 Å². The summed E-state index contributed by atoms with van der Waals surface area (Å²) in [7, 11) is 0. The molecular weight excluding hydrogens is 383 g/mol. The number of alkyl halides is 3. The monoisotopic (exact) mass is 399 g/mol. The van der Waals surface area contributed by atoms with Gasteiger partial charge in [-0.1, -0.05) is 23.4 Å². The van der Waals surface area contributed by atoms with Gasteiger partial charge in [-0.3, -0.25) is 0 Å². The summed E-state index contributed by atoms with van der Waals surface area (Å²) in [4.78, 5) is 1.36. The van der Waals surface area contributed by atoms with E-state index in [-0.39, 0.29) is 6.04 Å². The molecule has 3 N–H and O–H groups in total. The predicted octanol–water partition coefficient (Wildman–Crippen LogP) is 5.73. The summed E-state index contributed by atoms with van der Waals surface area (Å²) in [5.74, 6) is 0. The maximum absolute atomic E-state index is 13.4. The zero-order valence-corrected chi connectivity index (χ0v) is 15.3. The Labute approximate surface area is 158 Å². The van der Waals surface area contributed by atoms with E-state index in [0.29, 0.717) is 21.3 Å². The molecule has 4 rings (SSSR count). The van der Waals surface area contributed by atoms with Crippen LogP contribution in [0, 0.1) is 0 Å². The lowest BCUT2D eigenvalue weighted by Crippen LogP contribution is -2.35. The smallest absolute Gasteiger partial charge is 0.380 e. The maximum atomic E-state index is 13.4. The number of hydrogen-bond donors (Lipinski definition) is 3. The largest absolute Gasteiger partial charge is 0.416 e. The van der Waals surface area contributed by atoms with Crippen molar-refractivity contribution < 1.29 is 13.2 Å². The van der Waals surface area contributed by atoms with Crippen molar-refractivity contribution in [2.45, 2.75) is 34.9 Å². The quantitative estimate of drug-likeness (QED) is 0.514. The van der Waals surface area contributed by atoms with Gasteiger partial charge in [0.15, 0.2) is 0 Å². The van der Waals surface area contributed by atoms with Crippen LogP contribution < -0.4 is 16.0 Å². The average Bonchev–Trinajstić information content (AvgIpc) is 2.60. The Morgan fingerprint density at radius 3 is 2.58 bits per heavy atom. The van der Waals surface area contributed by atoms with Crippen molar-refractivity contribution in [2.24, 2.45) is 0 Å². The highest BCUT2D eigenvalue weighted by atomic mass is 35.5. The van der Waals surface area contributed by atoms with Crippen LogP contribution in [0.3, 0.4) is 0 Å². The maximum Gasteiger partial charge on any atom is 0.416 e. The van der Waals surface area contributed by atoms with Gasteiger partial charge in [-0.25, -0.2) is 0 Å². The van der Waals surface area contributed by atoms with Crippen molar-refractivity contribution in [2.75, 3.05) is 23.7 Å². The molecule has 2 aromatic carbocycles. The predicted molar refractivity (Wildman–Crippen MR) is 99.8 cm³/mol. The lowest BCUT2D eigenvalue weighted by molar-refractivity contribution is -0.137. The molecule has 138 valence electrons. The van der Waals surface area contributed by atoms with Crippen LogP contribution in [-0.4, -0.2) is 19.1 Å². The molecule has 2 aliphatic heterocycles. The Kier molecular flexibility index (Phi) is 4.71. The van der Waals surface area contributed by atoms with Gasteiger partial charge >= 0.3 is 6.18 Å². The fourth-order valence-electron chi connectivity index (χ4n) is 3.23. The van der Waals surface area contributed by atoms with E-state index in [1.165, 1.54) is 23.9 Å². The van der Waals surface area contributed by atoms with Crippen LogP contribution in [0.5, 0.6) is 0 Å². The Balaban J connectivity index is 1.74. The minimum atomic E-state index is -4.39. The first-order valence-electron chi connectivity index (χ1n) is 8.37. The summed E-state index contributed by atoms with van der Waals surface area (Å²) in [6, 6.07) is 7.93. The summed E-state index contributed by atoms with van der Waals surface area (Å²) in [6.07, 6.45) is -2.64. The standard InChI is InChI=1S/C18H17ClF3N3S/c19-11-1-2-13-15(9-11)26-16-8-10(18(20,21)22)7-14(17(16)25-13)24-12-3-5-23-6-4-12/h1-2,7-9,12,23-25H,3-6H2. The number of fused-ring (bicyclic) bond motifs is 2. The highest BCUT2D eigenvalue weighted by Crippen LogP contribution is 2.50. The Morgan fingerprint density at radius 2 is 1.85 bits per heavy atom. The van der Waals surface area contributed by atoms with Gasteiger partial charge in [-0.05, 0) is 56.3 Å². The zero-order valence-electron chi connectivity index (χ0n) is 13.7. The van der Waals surface area contributed by atoms with E-state index in [9.17, 15) is 13.2 Å². The third-order valence-electron chi connectivity index (χ3n) is 4.55. The molecule has 0 spiro atoms. The number of hydrogen-bond acceptors (Lipinski definition) is 4. The number of halogens is 4. The lowest BCUT2D eigenvalue weighted by Gasteiger charge is -2.29. The number of rotatable bonds is 2. The normalized spacial score (nSPS) is 17.2. The number of benzene rings is 2. The summed E-state index contributed by atoms with van der Waals surface area (Å²) in [6.45, 7) is 1.73. The minimum Gasteiger partial charge on any atom is -0.380 e. The van der Waals surface area contributed by atoms with E-state index >= 15 is 0 Å². The molecule has 26 heavy (non-hydrogen) atoms. The number of anilines is 3. The van der Waals surface area contributed by atoms with E-state index in [2.05, 4.69) is 16.0 Å². The van der Waals surface area contributed by atoms with Crippen LogP contribution >= 0.6 is 23.4 Å². The molecular formula is C18H17ClF3N3S. The molecule has 2 heterocycles. The summed E-state index contributed by atoms with van der Waals surface area (Å²) in [5.41, 5.74) is 1.39. The van der Waals surface area contributed by atoms with Crippen molar-refractivity contribution in [3.63, 3.8) is 0 Å². The zero-order chi connectivity index (χ0) is 18.3. The minimum absolute atomic E-state index is 0.155. The second-order valence-corrected chi connectivity index (χ2v) is 7.95. The first-order valence-corrected chi connectivity index (χ1v) is 9.56. The number of piperidine rings is 1.